The molecule has 0 saturated carbocycles. The molecular weight excluding hydrogens is 280 g/mol. The summed E-state index contributed by atoms with van der Waals surface area (Å²) in [5.74, 6) is 0.292. The Morgan fingerprint density at radius 1 is 1.47 bits per heavy atom. The minimum Gasteiger partial charge on any atom is -0.426 e. The first-order valence-electron chi connectivity index (χ1n) is 5.48. The minimum absolute atomic E-state index is 0.279. The van der Waals surface area contributed by atoms with Gasteiger partial charge in [0, 0.05) is 6.54 Å². The summed E-state index contributed by atoms with van der Waals surface area (Å²) in [5.41, 5.74) is 0. The number of carbonyl (C=O) groups excluding carboxylic acids is 1. The Balaban J connectivity index is 1.84. The van der Waals surface area contributed by atoms with E-state index in [-0.39, 0.29) is 6.54 Å². The number of hydrogen-bond donors (Lipinski definition) is 1. The maximum absolute atomic E-state index is 12.0. The molecule has 2 aliphatic heterocycles. The summed E-state index contributed by atoms with van der Waals surface area (Å²) in [6.07, 6.45) is 2.21. The quantitative estimate of drug-likeness (QED) is 0.755. The lowest BCUT2D eigenvalue weighted by molar-refractivity contribution is -0.0317. The van der Waals surface area contributed by atoms with E-state index < -0.39 is 28.5 Å². The summed E-state index contributed by atoms with van der Waals surface area (Å²) < 4.78 is 39.4. The fourth-order valence-corrected chi connectivity index (χ4v) is 2.80. The van der Waals surface area contributed by atoms with Gasteiger partial charge in [-0.2, -0.15) is 13.5 Å². The van der Waals surface area contributed by atoms with Crippen molar-refractivity contribution in [3.63, 3.8) is 0 Å². The van der Waals surface area contributed by atoms with Crippen LogP contribution in [0.4, 0.5) is 4.79 Å². The van der Waals surface area contributed by atoms with E-state index in [1.54, 1.807) is 0 Å². The van der Waals surface area contributed by atoms with E-state index in [2.05, 4.69) is 14.5 Å². The zero-order valence-electron chi connectivity index (χ0n) is 9.54. The molecule has 11 heteroatoms. The Morgan fingerprint density at radius 3 is 2.89 bits per heavy atom. The first-order valence-corrected chi connectivity index (χ1v) is 6.85. The van der Waals surface area contributed by atoms with E-state index in [1.807, 2.05) is 0 Å². The number of urea groups is 1. The summed E-state index contributed by atoms with van der Waals surface area (Å²) in [5, 5.41) is 7.97. The maximum atomic E-state index is 12.0. The summed E-state index contributed by atoms with van der Waals surface area (Å²) in [7, 11) is -4.72. The first kappa shape index (κ1) is 12.3. The molecule has 0 radical (unpaired) electrons. The smallest absolute Gasteiger partial charge is 0.418 e. The number of hydrogen-bond acceptors (Lipinski definition) is 7. The van der Waals surface area contributed by atoms with E-state index in [1.165, 1.54) is 4.90 Å². The normalized spacial score (nSPS) is 27.1. The molecule has 0 aliphatic carbocycles. The fourth-order valence-electron chi connectivity index (χ4n) is 2.42. The van der Waals surface area contributed by atoms with Gasteiger partial charge in [-0.15, -0.1) is 14.5 Å². The number of fused-ring (bicyclic) bond motifs is 2. The van der Waals surface area contributed by atoms with Crippen LogP contribution in [0.3, 0.4) is 0 Å². The van der Waals surface area contributed by atoms with Gasteiger partial charge < -0.3 is 9.32 Å². The monoisotopic (exact) mass is 290 g/mol. The molecular formula is C8H10N4O6S. The van der Waals surface area contributed by atoms with Crippen LogP contribution in [0, 0.1) is 0 Å². The van der Waals surface area contributed by atoms with E-state index in [0.717, 1.165) is 6.39 Å². The molecule has 1 aromatic rings. The molecule has 2 amide bonds. The van der Waals surface area contributed by atoms with Gasteiger partial charge in [-0.3, -0.25) is 4.55 Å². The highest BCUT2D eigenvalue weighted by molar-refractivity contribution is 7.80. The average Bonchev–Trinajstić information content (AvgIpc) is 2.93. The Bertz CT molecular complexity index is 586. The Kier molecular flexibility index (Phi) is 2.69. The molecule has 3 rings (SSSR count). The second kappa shape index (κ2) is 4.15. The van der Waals surface area contributed by atoms with Crippen LogP contribution in [0.5, 0.6) is 0 Å². The number of rotatable bonds is 3. The summed E-state index contributed by atoms with van der Waals surface area (Å²) in [4.78, 5) is 13.4. The van der Waals surface area contributed by atoms with Gasteiger partial charge >= 0.3 is 16.4 Å². The van der Waals surface area contributed by atoms with Crippen molar-refractivity contribution in [3.8, 4) is 0 Å². The minimum atomic E-state index is -4.72. The maximum Gasteiger partial charge on any atom is 0.418 e. The molecule has 2 aliphatic rings. The van der Waals surface area contributed by atoms with Crippen molar-refractivity contribution in [3.05, 3.63) is 12.3 Å². The van der Waals surface area contributed by atoms with Crippen molar-refractivity contribution >= 4 is 16.4 Å². The third kappa shape index (κ3) is 2.15. The molecule has 104 valence electrons. The lowest BCUT2D eigenvalue weighted by atomic mass is 10.0. The molecule has 2 saturated heterocycles. The van der Waals surface area contributed by atoms with Crippen LogP contribution < -0.4 is 0 Å². The molecule has 2 atom stereocenters. The molecule has 2 fully saturated rings. The van der Waals surface area contributed by atoms with Gasteiger partial charge in [0.1, 0.15) is 6.04 Å². The third-order valence-corrected chi connectivity index (χ3v) is 3.51. The summed E-state index contributed by atoms with van der Waals surface area (Å²) in [6, 6.07) is -1.47. The molecule has 2 bridgehead atoms. The van der Waals surface area contributed by atoms with Crippen molar-refractivity contribution in [2.75, 3.05) is 6.54 Å². The second-order valence-electron chi connectivity index (χ2n) is 4.29. The molecule has 0 aromatic carbocycles. The zero-order chi connectivity index (χ0) is 13.6. The van der Waals surface area contributed by atoms with Gasteiger partial charge in [0.2, 0.25) is 12.3 Å². The van der Waals surface area contributed by atoms with Crippen LogP contribution in [0.15, 0.2) is 10.8 Å². The molecule has 2 unspecified atom stereocenters. The Morgan fingerprint density at radius 2 is 2.26 bits per heavy atom. The van der Waals surface area contributed by atoms with Gasteiger partial charge in [-0.05, 0) is 12.8 Å². The van der Waals surface area contributed by atoms with Gasteiger partial charge in [-0.1, -0.05) is 0 Å². The van der Waals surface area contributed by atoms with Crippen LogP contribution in [0.1, 0.15) is 24.8 Å². The van der Waals surface area contributed by atoms with Crippen molar-refractivity contribution in [1.29, 1.82) is 0 Å². The number of aromatic nitrogens is 2. The van der Waals surface area contributed by atoms with Crippen LogP contribution in [0.2, 0.25) is 0 Å². The Hall–Kier alpha value is -1.72. The molecule has 1 aromatic heterocycles. The van der Waals surface area contributed by atoms with Crippen LogP contribution >= 0.6 is 0 Å². The van der Waals surface area contributed by atoms with E-state index in [9.17, 15) is 13.2 Å². The number of piperidine rings is 1. The molecule has 19 heavy (non-hydrogen) atoms. The number of carbonyl (C=O) groups is 1. The lowest BCUT2D eigenvalue weighted by Gasteiger charge is -2.27. The van der Waals surface area contributed by atoms with E-state index in [0.29, 0.717) is 23.8 Å². The van der Waals surface area contributed by atoms with Gasteiger partial charge in [-0.25, -0.2) is 4.79 Å². The van der Waals surface area contributed by atoms with E-state index >= 15 is 0 Å². The van der Waals surface area contributed by atoms with Gasteiger partial charge in [0.05, 0.1) is 6.04 Å². The van der Waals surface area contributed by atoms with Crippen molar-refractivity contribution in [1.82, 2.24) is 20.2 Å². The van der Waals surface area contributed by atoms with Crippen LogP contribution in [-0.4, -0.2) is 51.7 Å². The van der Waals surface area contributed by atoms with Gasteiger partial charge in [0.25, 0.3) is 0 Å². The number of amides is 2. The third-order valence-electron chi connectivity index (χ3n) is 3.16. The highest BCUT2D eigenvalue weighted by atomic mass is 32.3. The largest absolute Gasteiger partial charge is 0.426 e. The zero-order valence-corrected chi connectivity index (χ0v) is 10.4. The molecule has 0 spiro atoms. The predicted molar refractivity (Wildman–Crippen MR) is 56.6 cm³/mol. The lowest BCUT2D eigenvalue weighted by Crippen LogP contribution is -2.35. The average molecular weight is 290 g/mol. The molecule has 1 N–H and O–H groups in total. The van der Waals surface area contributed by atoms with Gasteiger partial charge in [0.15, 0.2) is 0 Å². The molecule has 3 heterocycles. The fraction of sp³-hybridized carbons (Fsp3) is 0.625. The predicted octanol–water partition coefficient (Wildman–Crippen LogP) is -0.255. The highest BCUT2D eigenvalue weighted by Crippen LogP contribution is 2.37. The van der Waals surface area contributed by atoms with E-state index in [4.69, 9.17) is 8.97 Å². The number of hydroxylamine groups is 2. The Labute approximate surface area is 107 Å². The van der Waals surface area contributed by atoms with Crippen molar-refractivity contribution in [2.24, 2.45) is 0 Å². The number of nitrogens with zero attached hydrogens (tertiary/aromatic N) is 4. The first-order chi connectivity index (χ1) is 8.96. The standard InChI is InChI=1S/C8H10N4O6S/c13-8-11-3-5(12(8)18-19(14,15)16)1-2-6(11)7-10-9-4-17-7/h4-6H,1-3H2,(H,14,15,16). The van der Waals surface area contributed by atoms with Crippen molar-refractivity contribution < 1.29 is 26.5 Å². The van der Waals surface area contributed by atoms with Crippen LogP contribution in [-0.2, 0) is 14.7 Å². The summed E-state index contributed by atoms with van der Waals surface area (Å²) in [6.45, 7) is 0.279. The SMILES string of the molecule is O=C1N2CC(CCC2c2nnco2)N1OS(=O)(=O)O. The molecule has 10 nitrogen and oxygen atoms in total. The summed E-state index contributed by atoms with van der Waals surface area (Å²) >= 11 is 0. The van der Waals surface area contributed by atoms with Crippen molar-refractivity contribution in [2.45, 2.75) is 24.9 Å². The highest BCUT2D eigenvalue weighted by Gasteiger charge is 2.48. The second-order valence-corrected chi connectivity index (χ2v) is 5.29. The topological polar surface area (TPSA) is 126 Å². The van der Waals surface area contributed by atoms with Crippen LogP contribution in [0.25, 0.3) is 0 Å².